The van der Waals surface area contributed by atoms with Crippen LogP contribution in [0.1, 0.15) is 23.7 Å². The van der Waals surface area contributed by atoms with Crippen LogP contribution in [0, 0.1) is 5.82 Å². The first-order valence-electron chi connectivity index (χ1n) is 4.91. The van der Waals surface area contributed by atoms with Crippen LogP contribution in [-0.4, -0.2) is 28.1 Å². The maximum Gasteiger partial charge on any atom is 0.305 e. The van der Waals surface area contributed by atoms with Crippen LogP contribution in [0.3, 0.4) is 0 Å². The lowest BCUT2D eigenvalue weighted by Crippen LogP contribution is -2.34. The quantitative estimate of drug-likeness (QED) is 0.737. The molecule has 5 nitrogen and oxygen atoms in total. The van der Waals surface area contributed by atoms with Gasteiger partial charge < -0.3 is 15.5 Å². The van der Waals surface area contributed by atoms with Crippen molar-refractivity contribution < 1.29 is 24.2 Å². The highest BCUT2D eigenvalue weighted by Crippen LogP contribution is 2.15. The van der Waals surface area contributed by atoms with Crippen LogP contribution in [0.25, 0.3) is 0 Å². The molecule has 0 aliphatic carbocycles. The summed E-state index contributed by atoms with van der Waals surface area (Å²) in [5.41, 5.74) is -0.236. The van der Waals surface area contributed by atoms with E-state index in [0.717, 1.165) is 12.1 Å². The van der Waals surface area contributed by atoms with Crippen LogP contribution in [-0.2, 0) is 4.79 Å². The number of phenolic OH excluding ortho intramolecular Hbond substituents is 1. The van der Waals surface area contributed by atoms with Gasteiger partial charge in [-0.1, -0.05) is 0 Å². The summed E-state index contributed by atoms with van der Waals surface area (Å²) in [6.07, 6.45) is -0.245. The van der Waals surface area contributed by atoms with E-state index < -0.39 is 23.7 Å². The van der Waals surface area contributed by atoms with Crippen molar-refractivity contribution in [3.8, 4) is 5.75 Å². The first-order chi connectivity index (χ1) is 7.90. The zero-order valence-electron chi connectivity index (χ0n) is 9.11. The van der Waals surface area contributed by atoms with Gasteiger partial charge in [0, 0.05) is 12.1 Å². The molecule has 6 heteroatoms. The molecule has 0 heterocycles. The number of phenols is 1. The minimum atomic E-state index is -1.05. The normalized spacial score (nSPS) is 11.9. The lowest BCUT2D eigenvalue weighted by molar-refractivity contribution is -0.137. The summed E-state index contributed by atoms with van der Waals surface area (Å²) in [4.78, 5) is 21.9. The van der Waals surface area contributed by atoms with Crippen molar-refractivity contribution in [2.45, 2.75) is 19.4 Å². The lowest BCUT2D eigenvalue weighted by atomic mass is 10.1. The number of hydrogen-bond acceptors (Lipinski definition) is 3. The molecule has 1 unspecified atom stereocenters. The highest BCUT2D eigenvalue weighted by atomic mass is 19.1. The predicted octanol–water partition coefficient (Wildman–Crippen LogP) is 1.12. The van der Waals surface area contributed by atoms with Crippen LogP contribution >= 0.6 is 0 Å². The molecule has 0 bridgehead atoms. The Balaban J connectivity index is 2.73. The standard InChI is InChI=1S/C11H12FNO4/c1-6(4-10(15)16)13-11(17)8-3-2-7(14)5-9(8)12/h2-3,5-6,14H,4H2,1H3,(H,13,17)(H,15,16). The van der Waals surface area contributed by atoms with Crippen LogP contribution in [0.15, 0.2) is 18.2 Å². The van der Waals surface area contributed by atoms with Gasteiger partial charge in [-0.3, -0.25) is 9.59 Å². The number of rotatable bonds is 4. The average Bonchev–Trinajstić information content (AvgIpc) is 2.15. The average molecular weight is 241 g/mol. The Morgan fingerprint density at radius 2 is 2.12 bits per heavy atom. The van der Waals surface area contributed by atoms with E-state index in [2.05, 4.69) is 5.32 Å². The van der Waals surface area contributed by atoms with Gasteiger partial charge in [0.15, 0.2) is 0 Å². The Morgan fingerprint density at radius 3 is 2.65 bits per heavy atom. The van der Waals surface area contributed by atoms with Gasteiger partial charge in [0.1, 0.15) is 11.6 Å². The van der Waals surface area contributed by atoms with E-state index in [1.807, 2.05) is 0 Å². The molecular formula is C11H12FNO4. The first kappa shape index (κ1) is 13.0. The molecule has 0 aliphatic rings. The number of halogens is 1. The summed E-state index contributed by atoms with van der Waals surface area (Å²) >= 11 is 0. The van der Waals surface area contributed by atoms with E-state index in [-0.39, 0.29) is 17.7 Å². The molecule has 1 amide bonds. The van der Waals surface area contributed by atoms with Gasteiger partial charge >= 0.3 is 5.97 Å². The second-order valence-electron chi connectivity index (χ2n) is 3.64. The number of carbonyl (C=O) groups excluding carboxylic acids is 1. The van der Waals surface area contributed by atoms with Gasteiger partial charge in [-0.15, -0.1) is 0 Å². The molecule has 1 atom stereocenters. The molecule has 0 aromatic heterocycles. The van der Waals surface area contributed by atoms with Crippen LogP contribution in [0.2, 0.25) is 0 Å². The third-order valence-electron chi connectivity index (χ3n) is 2.06. The Bertz CT molecular complexity index is 447. The molecule has 0 aliphatic heterocycles. The molecule has 0 saturated carbocycles. The molecule has 0 saturated heterocycles. The number of carbonyl (C=O) groups is 2. The molecule has 92 valence electrons. The van der Waals surface area contributed by atoms with Crippen molar-refractivity contribution in [3.05, 3.63) is 29.6 Å². The smallest absolute Gasteiger partial charge is 0.305 e. The summed E-state index contributed by atoms with van der Waals surface area (Å²) in [5.74, 6) is -2.90. The predicted molar refractivity (Wildman–Crippen MR) is 57.2 cm³/mol. The van der Waals surface area contributed by atoms with Gasteiger partial charge in [0.25, 0.3) is 5.91 Å². The van der Waals surface area contributed by atoms with Crippen LogP contribution in [0.5, 0.6) is 5.75 Å². The second kappa shape index (κ2) is 5.29. The fourth-order valence-corrected chi connectivity index (χ4v) is 1.30. The monoisotopic (exact) mass is 241 g/mol. The topological polar surface area (TPSA) is 86.6 Å². The number of aromatic hydroxyl groups is 1. The summed E-state index contributed by atoms with van der Waals surface area (Å²) in [6.45, 7) is 1.50. The molecule has 0 fully saturated rings. The highest BCUT2D eigenvalue weighted by Gasteiger charge is 2.15. The second-order valence-corrected chi connectivity index (χ2v) is 3.64. The molecule has 0 radical (unpaired) electrons. The van der Waals surface area contributed by atoms with Gasteiger partial charge in [0.2, 0.25) is 0 Å². The summed E-state index contributed by atoms with van der Waals surface area (Å²) in [5, 5.41) is 19.8. The van der Waals surface area contributed by atoms with Crippen molar-refractivity contribution in [1.29, 1.82) is 0 Å². The number of carboxylic acids is 1. The maximum atomic E-state index is 13.3. The molecular weight excluding hydrogens is 229 g/mol. The third-order valence-corrected chi connectivity index (χ3v) is 2.06. The minimum Gasteiger partial charge on any atom is -0.508 e. The number of nitrogens with one attached hydrogen (secondary N) is 1. The van der Waals surface area contributed by atoms with Crippen molar-refractivity contribution in [2.75, 3.05) is 0 Å². The molecule has 1 aromatic rings. The summed E-state index contributed by atoms with van der Waals surface area (Å²) in [7, 11) is 0. The van der Waals surface area contributed by atoms with E-state index in [9.17, 15) is 14.0 Å². The van der Waals surface area contributed by atoms with Gasteiger partial charge in [-0.05, 0) is 19.1 Å². The Morgan fingerprint density at radius 1 is 1.47 bits per heavy atom. The Hall–Kier alpha value is -2.11. The Labute approximate surface area is 96.9 Å². The van der Waals surface area contributed by atoms with E-state index in [1.165, 1.54) is 13.0 Å². The van der Waals surface area contributed by atoms with Crippen molar-refractivity contribution in [2.24, 2.45) is 0 Å². The maximum absolute atomic E-state index is 13.3. The van der Waals surface area contributed by atoms with Crippen LogP contribution in [0.4, 0.5) is 4.39 Å². The third kappa shape index (κ3) is 3.75. The SMILES string of the molecule is CC(CC(=O)O)NC(=O)c1ccc(O)cc1F. The molecule has 1 aromatic carbocycles. The van der Waals surface area contributed by atoms with Gasteiger partial charge in [-0.2, -0.15) is 0 Å². The number of benzene rings is 1. The zero-order chi connectivity index (χ0) is 13.0. The number of aliphatic carboxylic acids is 1. The van der Waals surface area contributed by atoms with Crippen molar-refractivity contribution in [3.63, 3.8) is 0 Å². The summed E-state index contributed by atoms with van der Waals surface area (Å²) in [6, 6.07) is 2.53. The molecule has 0 spiro atoms. The highest BCUT2D eigenvalue weighted by molar-refractivity contribution is 5.95. The fourth-order valence-electron chi connectivity index (χ4n) is 1.30. The van der Waals surface area contributed by atoms with Gasteiger partial charge in [-0.25, -0.2) is 4.39 Å². The van der Waals surface area contributed by atoms with Crippen molar-refractivity contribution in [1.82, 2.24) is 5.32 Å². The van der Waals surface area contributed by atoms with E-state index >= 15 is 0 Å². The van der Waals surface area contributed by atoms with E-state index in [0.29, 0.717) is 0 Å². The van der Waals surface area contributed by atoms with Crippen molar-refractivity contribution >= 4 is 11.9 Å². The fraction of sp³-hybridized carbons (Fsp3) is 0.273. The number of amides is 1. The lowest BCUT2D eigenvalue weighted by Gasteiger charge is -2.11. The first-order valence-corrected chi connectivity index (χ1v) is 4.91. The van der Waals surface area contributed by atoms with Gasteiger partial charge in [0.05, 0.1) is 12.0 Å². The largest absolute Gasteiger partial charge is 0.508 e. The number of hydrogen-bond donors (Lipinski definition) is 3. The van der Waals surface area contributed by atoms with E-state index in [1.54, 1.807) is 0 Å². The van der Waals surface area contributed by atoms with Crippen LogP contribution < -0.4 is 5.32 Å². The molecule has 17 heavy (non-hydrogen) atoms. The zero-order valence-corrected chi connectivity index (χ0v) is 9.11. The molecule has 3 N–H and O–H groups in total. The summed E-state index contributed by atoms with van der Waals surface area (Å²) < 4.78 is 13.3. The number of carboxylic acid groups (broad SMARTS) is 1. The Kier molecular flexibility index (Phi) is 4.03. The van der Waals surface area contributed by atoms with E-state index in [4.69, 9.17) is 10.2 Å². The minimum absolute atomic E-state index is 0.236. The molecule has 1 rings (SSSR count).